The summed E-state index contributed by atoms with van der Waals surface area (Å²) < 4.78 is 9.86. The molecule has 0 fully saturated rings. The van der Waals surface area contributed by atoms with Crippen molar-refractivity contribution in [1.29, 1.82) is 0 Å². The summed E-state index contributed by atoms with van der Waals surface area (Å²) in [6.45, 7) is 1.99. The van der Waals surface area contributed by atoms with Crippen LogP contribution in [0.4, 0.5) is 5.69 Å². The summed E-state index contributed by atoms with van der Waals surface area (Å²) in [5.41, 5.74) is 6.03. The van der Waals surface area contributed by atoms with Crippen LogP contribution in [0.2, 0.25) is 5.02 Å². The van der Waals surface area contributed by atoms with Gasteiger partial charge in [0.2, 0.25) is 0 Å². The van der Waals surface area contributed by atoms with Crippen LogP contribution in [-0.4, -0.2) is 19.7 Å². The molecule has 2 N–H and O–H groups in total. The zero-order chi connectivity index (χ0) is 11.4. The summed E-state index contributed by atoms with van der Waals surface area (Å²) >= 11 is 5.80. The van der Waals surface area contributed by atoms with Crippen molar-refractivity contribution in [2.45, 2.75) is 6.92 Å². The van der Waals surface area contributed by atoms with Gasteiger partial charge < -0.3 is 15.2 Å². The fourth-order valence-electron chi connectivity index (χ4n) is 1.16. The lowest BCUT2D eigenvalue weighted by Crippen LogP contribution is -2.10. The molecule has 0 saturated carbocycles. The molecule has 0 aliphatic rings. The van der Waals surface area contributed by atoms with Gasteiger partial charge in [-0.1, -0.05) is 11.6 Å². The third-order valence-electron chi connectivity index (χ3n) is 1.85. The van der Waals surface area contributed by atoms with Crippen LogP contribution in [0.5, 0.6) is 5.75 Å². The summed E-state index contributed by atoms with van der Waals surface area (Å²) in [5, 5.41) is 0.304. The van der Waals surface area contributed by atoms with Crippen LogP contribution in [0.3, 0.4) is 0 Å². The first-order valence-corrected chi connectivity index (χ1v) is 4.78. The van der Waals surface area contributed by atoms with Gasteiger partial charge in [-0.2, -0.15) is 0 Å². The molecule has 4 nitrogen and oxygen atoms in total. The maximum atomic E-state index is 11.6. The van der Waals surface area contributed by atoms with Gasteiger partial charge in [-0.05, 0) is 19.1 Å². The second-order valence-corrected chi connectivity index (χ2v) is 3.17. The average Bonchev–Trinajstić information content (AvgIpc) is 2.22. The fourth-order valence-corrected chi connectivity index (χ4v) is 1.32. The number of ether oxygens (including phenoxy) is 2. The first-order chi connectivity index (χ1) is 7.11. The zero-order valence-electron chi connectivity index (χ0n) is 8.54. The molecule has 0 aliphatic carbocycles. The van der Waals surface area contributed by atoms with Crippen LogP contribution in [-0.2, 0) is 4.74 Å². The molecule has 15 heavy (non-hydrogen) atoms. The Hall–Kier alpha value is -1.42. The number of rotatable bonds is 3. The second-order valence-electron chi connectivity index (χ2n) is 2.76. The van der Waals surface area contributed by atoms with Crippen molar-refractivity contribution in [1.82, 2.24) is 0 Å². The number of carbonyl (C=O) groups is 1. The van der Waals surface area contributed by atoms with E-state index in [4.69, 9.17) is 26.8 Å². The SMILES string of the molecule is CCOC(=O)c1c(OC)ccc(Cl)c1N. The Bertz CT molecular complexity index is 379. The van der Waals surface area contributed by atoms with E-state index in [1.54, 1.807) is 19.1 Å². The van der Waals surface area contributed by atoms with Crippen molar-refractivity contribution < 1.29 is 14.3 Å². The van der Waals surface area contributed by atoms with Crippen molar-refractivity contribution in [3.05, 3.63) is 22.7 Å². The molecule has 5 heteroatoms. The average molecular weight is 230 g/mol. The van der Waals surface area contributed by atoms with Gasteiger partial charge in [-0.25, -0.2) is 4.79 Å². The van der Waals surface area contributed by atoms with E-state index in [1.807, 2.05) is 0 Å². The zero-order valence-corrected chi connectivity index (χ0v) is 9.30. The molecule has 0 amide bonds. The van der Waals surface area contributed by atoms with Crippen molar-refractivity contribution >= 4 is 23.3 Å². The standard InChI is InChI=1S/C10H12ClNO3/c1-3-15-10(13)8-7(14-2)5-4-6(11)9(8)12/h4-5H,3,12H2,1-2H3. The third kappa shape index (κ3) is 2.33. The summed E-state index contributed by atoms with van der Waals surface area (Å²) in [5.74, 6) is -0.176. The molecule has 1 rings (SSSR count). The lowest BCUT2D eigenvalue weighted by atomic mass is 10.1. The highest BCUT2D eigenvalue weighted by Gasteiger charge is 2.19. The number of halogens is 1. The maximum absolute atomic E-state index is 11.6. The summed E-state index contributed by atoms with van der Waals surface area (Å²) in [6, 6.07) is 3.14. The quantitative estimate of drug-likeness (QED) is 0.637. The lowest BCUT2D eigenvalue weighted by molar-refractivity contribution is 0.0524. The molecule has 0 bridgehead atoms. The first-order valence-electron chi connectivity index (χ1n) is 4.40. The molecule has 0 spiro atoms. The Morgan fingerprint density at radius 1 is 1.53 bits per heavy atom. The van der Waals surface area contributed by atoms with Crippen molar-refractivity contribution in [2.24, 2.45) is 0 Å². The van der Waals surface area contributed by atoms with E-state index in [9.17, 15) is 4.79 Å². The number of hydrogen-bond acceptors (Lipinski definition) is 4. The van der Waals surface area contributed by atoms with Gasteiger partial charge in [0.1, 0.15) is 11.3 Å². The van der Waals surface area contributed by atoms with Crippen molar-refractivity contribution in [2.75, 3.05) is 19.5 Å². The summed E-state index contributed by atoms with van der Waals surface area (Å²) in [7, 11) is 1.45. The van der Waals surface area contributed by atoms with Crippen LogP contribution in [0, 0.1) is 0 Å². The molecule has 0 atom stereocenters. The van der Waals surface area contributed by atoms with Crippen LogP contribution >= 0.6 is 11.6 Å². The highest BCUT2D eigenvalue weighted by Crippen LogP contribution is 2.31. The number of esters is 1. The predicted octanol–water partition coefficient (Wildman–Crippen LogP) is 2.11. The normalized spacial score (nSPS) is 9.80. The van der Waals surface area contributed by atoms with Gasteiger partial charge in [0.25, 0.3) is 0 Å². The maximum Gasteiger partial charge on any atom is 0.344 e. The molecule has 0 saturated heterocycles. The molecule has 1 aromatic rings. The van der Waals surface area contributed by atoms with Gasteiger partial charge in [0.05, 0.1) is 24.4 Å². The van der Waals surface area contributed by atoms with Crippen LogP contribution in [0.25, 0.3) is 0 Å². The van der Waals surface area contributed by atoms with Gasteiger partial charge >= 0.3 is 5.97 Å². The number of hydrogen-bond donors (Lipinski definition) is 1. The molecule has 1 aromatic carbocycles. The molecule has 0 aliphatic heterocycles. The first kappa shape index (κ1) is 11.7. The number of carbonyl (C=O) groups excluding carboxylic acids is 1. The number of benzene rings is 1. The minimum atomic E-state index is -0.533. The Kier molecular flexibility index (Phi) is 3.80. The van der Waals surface area contributed by atoms with Gasteiger partial charge in [0, 0.05) is 0 Å². The van der Waals surface area contributed by atoms with Gasteiger partial charge in [0.15, 0.2) is 0 Å². The van der Waals surface area contributed by atoms with E-state index in [0.29, 0.717) is 10.8 Å². The summed E-state index contributed by atoms with van der Waals surface area (Å²) in [6.07, 6.45) is 0. The number of nitrogen functional groups attached to an aromatic ring is 1. The lowest BCUT2D eigenvalue weighted by Gasteiger charge is -2.11. The van der Waals surface area contributed by atoms with E-state index in [2.05, 4.69) is 0 Å². The van der Waals surface area contributed by atoms with E-state index >= 15 is 0 Å². The van der Waals surface area contributed by atoms with Gasteiger partial charge in [-0.15, -0.1) is 0 Å². The highest BCUT2D eigenvalue weighted by atomic mass is 35.5. The Morgan fingerprint density at radius 2 is 2.20 bits per heavy atom. The Morgan fingerprint density at radius 3 is 2.73 bits per heavy atom. The van der Waals surface area contributed by atoms with Crippen LogP contribution in [0.15, 0.2) is 12.1 Å². The second kappa shape index (κ2) is 4.89. The fraction of sp³-hybridized carbons (Fsp3) is 0.300. The smallest absolute Gasteiger partial charge is 0.344 e. The topological polar surface area (TPSA) is 61.5 Å². The molecule has 82 valence electrons. The predicted molar refractivity (Wildman–Crippen MR) is 58.4 cm³/mol. The Labute approximate surface area is 92.9 Å². The van der Waals surface area contributed by atoms with E-state index in [1.165, 1.54) is 7.11 Å². The highest BCUT2D eigenvalue weighted by molar-refractivity contribution is 6.34. The third-order valence-corrected chi connectivity index (χ3v) is 2.18. The summed E-state index contributed by atoms with van der Waals surface area (Å²) in [4.78, 5) is 11.6. The van der Waals surface area contributed by atoms with Crippen molar-refractivity contribution in [3.8, 4) is 5.75 Å². The van der Waals surface area contributed by atoms with Crippen LogP contribution in [0.1, 0.15) is 17.3 Å². The minimum absolute atomic E-state index is 0.173. The number of anilines is 1. The molecule has 0 unspecified atom stereocenters. The molecular formula is C10H12ClNO3. The molecular weight excluding hydrogens is 218 g/mol. The molecule has 0 aromatic heterocycles. The van der Waals surface area contributed by atoms with Gasteiger partial charge in [-0.3, -0.25) is 0 Å². The van der Waals surface area contributed by atoms with E-state index in [0.717, 1.165) is 0 Å². The molecule has 0 heterocycles. The van der Waals surface area contributed by atoms with Crippen LogP contribution < -0.4 is 10.5 Å². The van der Waals surface area contributed by atoms with E-state index < -0.39 is 5.97 Å². The van der Waals surface area contributed by atoms with Crippen molar-refractivity contribution in [3.63, 3.8) is 0 Å². The van der Waals surface area contributed by atoms with E-state index in [-0.39, 0.29) is 17.9 Å². The number of methoxy groups -OCH3 is 1. The Balaban J connectivity index is 3.23. The minimum Gasteiger partial charge on any atom is -0.496 e. The largest absolute Gasteiger partial charge is 0.496 e. The molecule has 0 radical (unpaired) electrons. The number of nitrogens with two attached hydrogens (primary N) is 1. The monoisotopic (exact) mass is 229 g/mol.